The fourth-order valence-corrected chi connectivity index (χ4v) is 7.33. The molecule has 6 N–H and O–H groups in total. The number of hydrogen-bond acceptors (Lipinski definition) is 18. The Hall–Kier alpha value is -11.0. The van der Waals surface area contributed by atoms with Gasteiger partial charge in [0, 0.05) is 87.5 Å². The molecule has 0 amide bonds. The van der Waals surface area contributed by atoms with Gasteiger partial charge in [0.1, 0.15) is 34.5 Å². The molecule has 0 aliphatic rings. The Morgan fingerprint density at radius 1 is 0.238 bits per heavy atom. The number of phenolic OH excluding ortho intramolecular Hbond substituents is 6. The van der Waals surface area contributed by atoms with Gasteiger partial charge in [-0.2, -0.15) is 0 Å². The van der Waals surface area contributed by atoms with Crippen LogP contribution in [-0.4, -0.2) is 103 Å². The number of ether oxygens (including phenoxy) is 3. The van der Waals surface area contributed by atoms with Crippen molar-refractivity contribution in [3.63, 3.8) is 0 Å². The average Bonchev–Trinajstić information content (AvgIpc) is 3.67. The van der Waals surface area contributed by atoms with Crippen LogP contribution in [0.25, 0.3) is 0 Å². The molecule has 0 unspecified atom stereocenters. The second kappa shape index (κ2) is 32.3. The third-order valence-corrected chi connectivity index (χ3v) is 11.3. The SMILES string of the molecule is CCOC(C)=O.CCOC(C)=O.CCOC(C)=O.O=C(c1ccc(O)cc1)c1cc(C(=O)c2ccc(O)cc2)cc(C(=O)c2ccc(O)cc2)c1.O=C(c1ccc(O)cc1)c1cc(C(=O)c2ccc(O)cc2)cc(C(=O)c2ccc(O)cc2)c1. The maximum absolute atomic E-state index is 13.1. The highest BCUT2D eigenvalue weighted by Crippen LogP contribution is 2.25. The van der Waals surface area contributed by atoms with Crippen LogP contribution in [-0.2, 0) is 28.6 Å². The largest absolute Gasteiger partial charge is 0.508 e. The minimum atomic E-state index is -0.421. The minimum Gasteiger partial charge on any atom is -0.508 e. The molecule has 0 heterocycles. The summed E-state index contributed by atoms with van der Waals surface area (Å²) in [6, 6.07) is 42.4. The van der Waals surface area contributed by atoms with Crippen molar-refractivity contribution in [1.82, 2.24) is 0 Å². The van der Waals surface area contributed by atoms with E-state index in [4.69, 9.17) is 0 Å². The summed E-state index contributed by atoms with van der Waals surface area (Å²) >= 11 is 0. The van der Waals surface area contributed by atoms with E-state index in [-0.39, 0.29) is 119 Å². The minimum absolute atomic E-state index is 0.00556. The fraction of sp³-hybridized carbons (Fsp3) is 0.136. The lowest BCUT2D eigenvalue weighted by Crippen LogP contribution is -2.10. The number of benzene rings is 8. The van der Waals surface area contributed by atoms with E-state index in [2.05, 4.69) is 14.2 Å². The Labute approximate surface area is 483 Å². The summed E-state index contributed by atoms with van der Waals surface area (Å²) in [6.45, 7) is 11.0. The highest BCUT2D eigenvalue weighted by molar-refractivity contribution is 6.18. The van der Waals surface area contributed by atoms with E-state index >= 15 is 0 Å². The predicted molar refractivity (Wildman–Crippen MR) is 309 cm³/mol. The lowest BCUT2D eigenvalue weighted by Gasteiger charge is -2.10. The molecule has 18 heteroatoms. The van der Waals surface area contributed by atoms with Gasteiger partial charge in [0.15, 0.2) is 34.7 Å². The van der Waals surface area contributed by atoms with Gasteiger partial charge in [-0.1, -0.05) is 0 Å². The summed E-state index contributed by atoms with van der Waals surface area (Å²) in [5, 5.41) is 57.0. The molecule has 8 rings (SSSR count). The predicted octanol–water partition coefficient (Wildman–Crippen LogP) is 10.7. The van der Waals surface area contributed by atoms with Crippen LogP contribution in [0.15, 0.2) is 182 Å². The summed E-state index contributed by atoms with van der Waals surface area (Å²) in [5.74, 6) is -3.13. The first-order chi connectivity index (χ1) is 39.9. The number of phenols is 6. The topological polar surface area (TPSA) is 303 Å². The fourth-order valence-electron chi connectivity index (χ4n) is 7.33. The van der Waals surface area contributed by atoms with Gasteiger partial charge >= 0.3 is 17.9 Å². The monoisotopic (exact) mass is 1140 g/mol. The van der Waals surface area contributed by atoms with Gasteiger partial charge in [-0.3, -0.25) is 43.2 Å². The summed E-state index contributed by atoms with van der Waals surface area (Å²) < 4.78 is 13.2. The maximum Gasteiger partial charge on any atom is 0.302 e. The van der Waals surface area contributed by atoms with Gasteiger partial charge < -0.3 is 44.8 Å². The molecular weight excluding hydrogens is 1080 g/mol. The van der Waals surface area contributed by atoms with E-state index in [1.54, 1.807) is 20.8 Å². The van der Waals surface area contributed by atoms with Crippen molar-refractivity contribution < 1.29 is 88.0 Å². The third kappa shape index (κ3) is 20.6. The molecule has 8 aromatic carbocycles. The van der Waals surface area contributed by atoms with Crippen LogP contribution in [0, 0.1) is 0 Å². The van der Waals surface area contributed by atoms with E-state index in [1.807, 2.05) is 0 Å². The highest BCUT2D eigenvalue weighted by atomic mass is 16.5. The van der Waals surface area contributed by atoms with Crippen LogP contribution in [0.2, 0.25) is 0 Å². The van der Waals surface area contributed by atoms with Gasteiger partial charge in [-0.25, -0.2) is 0 Å². The van der Waals surface area contributed by atoms with Gasteiger partial charge in [0.05, 0.1) is 19.8 Å². The van der Waals surface area contributed by atoms with Crippen LogP contribution < -0.4 is 0 Å². The molecule has 0 bridgehead atoms. The van der Waals surface area contributed by atoms with E-state index in [0.717, 1.165) is 0 Å². The Kier molecular flexibility index (Phi) is 25.2. The van der Waals surface area contributed by atoms with Crippen molar-refractivity contribution in [2.24, 2.45) is 0 Å². The Morgan fingerprint density at radius 3 is 0.440 bits per heavy atom. The Balaban J connectivity index is 0.000000279. The average molecular weight is 1140 g/mol. The number of rotatable bonds is 15. The molecule has 432 valence electrons. The van der Waals surface area contributed by atoms with Crippen LogP contribution in [0.5, 0.6) is 34.5 Å². The molecule has 0 radical (unpaired) electrons. The van der Waals surface area contributed by atoms with Crippen LogP contribution in [0.3, 0.4) is 0 Å². The van der Waals surface area contributed by atoms with Crippen molar-refractivity contribution >= 4 is 52.6 Å². The molecule has 0 spiro atoms. The van der Waals surface area contributed by atoms with E-state index in [1.165, 1.54) is 203 Å². The number of aromatic hydroxyl groups is 6. The second-order valence-corrected chi connectivity index (χ2v) is 17.6. The normalized spacial score (nSPS) is 9.93. The molecule has 0 saturated carbocycles. The van der Waals surface area contributed by atoms with Crippen LogP contribution >= 0.6 is 0 Å². The van der Waals surface area contributed by atoms with Crippen molar-refractivity contribution in [1.29, 1.82) is 0 Å². The highest BCUT2D eigenvalue weighted by Gasteiger charge is 2.22. The zero-order valence-corrected chi connectivity index (χ0v) is 46.5. The standard InChI is InChI=1S/2C27H18O6.3C4H8O2/c2*28-22-7-1-16(2-8-22)25(31)19-13-20(26(32)17-3-9-23(29)10-4-17)15-21(14-19)27(33)18-5-11-24(30)12-6-18;3*1-3-6-4(2)5/h2*1-15,28-30H;3*3H2,1-2H3. The number of ketones is 6. The van der Waals surface area contributed by atoms with Gasteiger partial charge in [0.25, 0.3) is 0 Å². The van der Waals surface area contributed by atoms with Crippen molar-refractivity contribution in [3.8, 4) is 34.5 Å². The van der Waals surface area contributed by atoms with Crippen LogP contribution in [0.4, 0.5) is 0 Å². The van der Waals surface area contributed by atoms with E-state index in [0.29, 0.717) is 19.8 Å². The van der Waals surface area contributed by atoms with Crippen LogP contribution in [0.1, 0.15) is 137 Å². The molecule has 84 heavy (non-hydrogen) atoms. The summed E-state index contributed by atoms with van der Waals surface area (Å²) in [7, 11) is 0. The van der Waals surface area contributed by atoms with E-state index in [9.17, 15) is 73.8 Å². The first-order valence-electron chi connectivity index (χ1n) is 25.7. The third-order valence-electron chi connectivity index (χ3n) is 11.3. The smallest absolute Gasteiger partial charge is 0.302 e. The first kappa shape index (κ1) is 65.5. The summed E-state index contributed by atoms with van der Waals surface area (Å²) in [5.41, 5.74) is 2.49. The summed E-state index contributed by atoms with van der Waals surface area (Å²) in [6.07, 6.45) is 0. The first-order valence-corrected chi connectivity index (χ1v) is 25.7. The molecule has 0 atom stereocenters. The molecular formula is C66H60O18. The lowest BCUT2D eigenvalue weighted by molar-refractivity contribution is -0.141. The maximum atomic E-state index is 13.1. The van der Waals surface area contributed by atoms with Crippen molar-refractivity contribution in [3.05, 3.63) is 249 Å². The lowest BCUT2D eigenvalue weighted by atomic mass is 9.92. The van der Waals surface area contributed by atoms with Crippen molar-refractivity contribution in [2.45, 2.75) is 41.5 Å². The zero-order valence-electron chi connectivity index (χ0n) is 46.5. The second-order valence-electron chi connectivity index (χ2n) is 17.6. The molecule has 0 aromatic heterocycles. The van der Waals surface area contributed by atoms with Gasteiger partial charge in [0.2, 0.25) is 0 Å². The molecule has 18 nitrogen and oxygen atoms in total. The Morgan fingerprint density at radius 2 is 0.357 bits per heavy atom. The number of hydrogen-bond donors (Lipinski definition) is 6. The zero-order chi connectivity index (χ0) is 62.0. The number of esters is 3. The Bertz CT molecular complexity index is 2970. The quantitative estimate of drug-likeness (QED) is 0.0316. The van der Waals surface area contributed by atoms with Gasteiger partial charge in [-0.15, -0.1) is 0 Å². The van der Waals surface area contributed by atoms with E-state index < -0.39 is 34.7 Å². The summed E-state index contributed by atoms with van der Waals surface area (Å²) in [4.78, 5) is 108. The van der Waals surface area contributed by atoms with Gasteiger partial charge in [-0.05, 0) is 203 Å². The number of carbonyl (C=O) groups is 9. The van der Waals surface area contributed by atoms with Crippen molar-refractivity contribution in [2.75, 3.05) is 19.8 Å². The molecule has 0 saturated heterocycles. The molecule has 0 aliphatic heterocycles. The number of carbonyl (C=O) groups excluding carboxylic acids is 9. The molecule has 8 aromatic rings. The molecule has 0 fully saturated rings. The molecule has 0 aliphatic carbocycles.